The third-order valence-electron chi connectivity index (χ3n) is 3.76. The van der Waals surface area contributed by atoms with Crippen molar-refractivity contribution in [2.24, 2.45) is 16.3 Å². The average molecular weight is 313 g/mol. The summed E-state index contributed by atoms with van der Waals surface area (Å²) in [6.45, 7) is 4.44. The number of benzene rings is 1. The molecule has 2 aromatic rings. The number of carbonyl (C=O) groups is 1. The van der Waals surface area contributed by atoms with E-state index in [-0.39, 0.29) is 5.41 Å². The van der Waals surface area contributed by atoms with Gasteiger partial charge in [0.05, 0.1) is 5.71 Å². The van der Waals surface area contributed by atoms with Crippen LogP contribution in [-0.4, -0.2) is 11.7 Å². The lowest BCUT2D eigenvalue weighted by Gasteiger charge is -2.30. The van der Waals surface area contributed by atoms with Crippen LogP contribution in [0.4, 0.5) is 4.79 Å². The third-order valence-corrected chi connectivity index (χ3v) is 4.95. The summed E-state index contributed by atoms with van der Waals surface area (Å²) >= 11 is 1.80. The average Bonchev–Trinajstić information content (AvgIpc) is 2.88. The summed E-state index contributed by atoms with van der Waals surface area (Å²) in [5, 5.41) is 4.23. The summed E-state index contributed by atoms with van der Waals surface area (Å²) in [6, 6.07) is 11.9. The van der Waals surface area contributed by atoms with Crippen LogP contribution < -0.4 is 11.2 Å². The van der Waals surface area contributed by atoms with Gasteiger partial charge in [-0.25, -0.2) is 10.2 Å². The summed E-state index contributed by atoms with van der Waals surface area (Å²) in [6.07, 6.45) is 1.85. The molecule has 5 heteroatoms. The molecule has 0 spiro atoms. The first-order chi connectivity index (χ1) is 10.4. The van der Waals surface area contributed by atoms with Crippen LogP contribution >= 0.6 is 11.3 Å². The van der Waals surface area contributed by atoms with Crippen LogP contribution in [0.25, 0.3) is 10.4 Å². The number of fused-ring (bicyclic) bond motifs is 1. The Morgan fingerprint density at radius 1 is 1.27 bits per heavy atom. The van der Waals surface area contributed by atoms with E-state index in [0.29, 0.717) is 0 Å². The Morgan fingerprint density at radius 2 is 2.00 bits per heavy atom. The maximum Gasteiger partial charge on any atom is 0.332 e. The zero-order valence-electron chi connectivity index (χ0n) is 12.7. The fourth-order valence-corrected chi connectivity index (χ4v) is 4.26. The molecule has 114 valence electrons. The standard InChI is InChI=1S/C17H19N3OS/c1-17(2)9-13(19-20-16(18)21)12-8-14(22-15(12)10-17)11-6-4-3-5-7-11/h3-8H,9-10H2,1-2H3,(H3,18,20,21)/b19-13+. The number of nitrogens with two attached hydrogens (primary N) is 1. The molecule has 0 atom stereocenters. The molecule has 2 amide bonds. The Hall–Kier alpha value is -2.14. The molecule has 1 aliphatic carbocycles. The van der Waals surface area contributed by atoms with Gasteiger partial charge in [0, 0.05) is 15.3 Å². The predicted molar refractivity (Wildman–Crippen MR) is 91.1 cm³/mol. The van der Waals surface area contributed by atoms with Crippen LogP contribution in [0, 0.1) is 5.41 Å². The molecule has 3 rings (SSSR count). The van der Waals surface area contributed by atoms with Crippen LogP contribution in [-0.2, 0) is 6.42 Å². The second-order valence-electron chi connectivity index (χ2n) is 6.37. The number of nitrogens with one attached hydrogen (secondary N) is 1. The Morgan fingerprint density at radius 3 is 2.68 bits per heavy atom. The molecule has 0 radical (unpaired) electrons. The van der Waals surface area contributed by atoms with E-state index in [9.17, 15) is 4.79 Å². The SMILES string of the molecule is CC1(C)C/C(=N\NC(N)=O)c2cc(-c3ccccc3)sc2C1. The number of urea groups is 1. The lowest BCUT2D eigenvalue weighted by Crippen LogP contribution is -2.30. The Bertz CT molecular complexity index is 732. The monoisotopic (exact) mass is 313 g/mol. The smallest absolute Gasteiger partial charge is 0.332 e. The number of nitrogens with zero attached hydrogens (tertiary/aromatic N) is 1. The lowest BCUT2D eigenvalue weighted by molar-refractivity contribution is 0.249. The van der Waals surface area contributed by atoms with Crippen molar-refractivity contribution in [1.82, 2.24) is 5.43 Å². The van der Waals surface area contributed by atoms with Crippen molar-refractivity contribution in [3.05, 3.63) is 46.8 Å². The third kappa shape index (κ3) is 3.04. The fourth-order valence-electron chi connectivity index (χ4n) is 2.82. The van der Waals surface area contributed by atoms with Gasteiger partial charge in [-0.1, -0.05) is 44.2 Å². The van der Waals surface area contributed by atoms with Crippen LogP contribution in [0.1, 0.15) is 30.7 Å². The molecule has 1 aromatic carbocycles. The molecular formula is C17H19N3OS. The molecule has 22 heavy (non-hydrogen) atoms. The van der Waals surface area contributed by atoms with E-state index in [0.717, 1.165) is 24.1 Å². The van der Waals surface area contributed by atoms with Crippen molar-refractivity contribution >= 4 is 23.1 Å². The first kappa shape index (κ1) is 14.8. The van der Waals surface area contributed by atoms with Crippen molar-refractivity contribution < 1.29 is 4.79 Å². The number of hydrogen-bond acceptors (Lipinski definition) is 3. The van der Waals surface area contributed by atoms with Gasteiger partial charge in [0.25, 0.3) is 0 Å². The second-order valence-corrected chi connectivity index (χ2v) is 7.50. The summed E-state index contributed by atoms with van der Waals surface area (Å²) < 4.78 is 0. The van der Waals surface area contributed by atoms with Crippen molar-refractivity contribution in [3.63, 3.8) is 0 Å². The molecule has 4 nitrogen and oxygen atoms in total. The molecular weight excluding hydrogens is 294 g/mol. The van der Waals surface area contributed by atoms with Gasteiger partial charge in [-0.05, 0) is 29.9 Å². The zero-order valence-corrected chi connectivity index (χ0v) is 13.5. The molecule has 3 N–H and O–H groups in total. The minimum Gasteiger partial charge on any atom is -0.350 e. The van der Waals surface area contributed by atoms with Gasteiger partial charge < -0.3 is 5.73 Å². The first-order valence-corrected chi connectivity index (χ1v) is 8.07. The highest BCUT2D eigenvalue weighted by Gasteiger charge is 2.31. The normalized spacial score (nSPS) is 18.0. The maximum atomic E-state index is 10.9. The van der Waals surface area contributed by atoms with Gasteiger partial charge in [-0.15, -0.1) is 11.3 Å². The van der Waals surface area contributed by atoms with Crippen LogP contribution in [0.3, 0.4) is 0 Å². The van der Waals surface area contributed by atoms with Crippen LogP contribution in [0.15, 0.2) is 41.5 Å². The molecule has 1 heterocycles. The molecule has 0 fully saturated rings. The molecule has 0 aliphatic heterocycles. The number of primary amides is 1. The number of carbonyl (C=O) groups excluding carboxylic acids is 1. The molecule has 0 saturated carbocycles. The summed E-state index contributed by atoms with van der Waals surface area (Å²) in [5.41, 5.74) is 10.9. The van der Waals surface area contributed by atoms with Gasteiger partial charge in [0.15, 0.2) is 0 Å². The molecule has 1 aromatic heterocycles. The van der Waals surface area contributed by atoms with E-state index >= 15 is 0 Å². The summed E-state index contributed by atoms with van der Waals surface area (Å²) in [4.78, 5) is 13.5. The summed E-state index contributed by atoms with van der Waals surface area (Å²) in [7, 11) is 0. The highest BCUT2D eigenvalue weighted by atomic mass is 32.1. The maximum absolute atomic E-state index is 10.9. The first-order valence-electron chi connectivity index (χ1n) is 7.25. The van der Waals surface area contributed by atoms with E-state index in [2.05, 4.69) is 42.6 Å². The topological polar surface area (TPSA) is 67.5 Å². The second kappa shape index (κ2) is 5.57. The molecule has 0 bridgehead atoms. The van der Waals surface area contributed by atoms with Gasteiger partial charge in [0.1, 0.15) is 0 Å². The highest BCUT2D eigenvalue weighted by molar-refractivity contribution is 7.15. The van der Waals surface area contributed by atoms with E-state index in [1.54, 1.807) is 11.3 Å². The van der Waals surface area contributed by atoms with Crippen LogP contribution in [0.2, 0.25) is 0 Å². The Labute approximate surface area is 134 Å². The fraction of sp³-hybridized carbons (Fsp3) is 0.294. The van der Waals surface area contributed by atoms with Gasteiger partial charge in [0.2, 0.25) is 0 Å². The number of rotatable bonds is 2. The molecule has 1 aliphatic rings. The number of hydrogen-bond donors (Lipinski definition) is 2. The molecule has 0 saturated heterocycles. The van der Waals surface area contributed by atoms with E-state index < -0.39 is 6.03 Å². The minimum absolute atomic E-state index is 0.129. The molecule has 0 unspecified atom stereocenters. The zero-order chi connectivity index (χ0) is 15.7. The largest absolute Gasteiger partial charge is 0.350 e. The van der Waals surface area contributed by atoms with Crippen molar-refractivity contribution in [3.8, 4) is 10.4 Å². The van der Waals surface area contributed by atoms with E-state index in [1.165, 1.54) is 15.3 Å². The van der Waals surface area contributed by atoms with Crippen molar-refractivity contribution in [1.29, 1.82) is 0 Å². The highest BCUT2D eigenvalue weighted by Crippen LogP contribution is 2.41. The Kier molecular flexibility index (Phi) is 3.74. The Balaban J connectivity index is 2.03. The number of amides is 2. The summed E-state index contributed by atoms with van der Waals surface area (Å²) in [5.74, 6) is 0. The van der Waals surface area contributed by atoms with E-state index in [4.69, 9.17) is 5.73 Å². The lowest BCUT2D eigenvalue weighted by atomic mass is 9.76. The van der Waals surface area contributed by atoms with Crippen molar-refractivity contribution in [2.45, 2.75) is 26.7 Å². The van der Waals surface area contributed by atoms with Crippen molar-refractivity contribution in [2.75, 3.05) is 0 Å². The predicted octanol–water partition coefficient (Wildman–Crippen LogP) is 3.76. The number of hydrazone groups is 1. The minimum atomic E-state index is -0.629. The van der Waals surface area contributed by atoms with Gasteiger partial charge in [-0.2, -0.15) is 5.10 Å². The van der Waals surface area contributed by atoms with Gasteiger partial charge >= 0.3 is 6.03 Å². The van der Waals surface area contributed by atoms with Gasteiger partial charge in [-0.3, -0.25) is 0 Å². The number of thiophene rings is 1. The van der Waals surface area contributed by atoms with E-state index in [1.807, 2.05) is 18.2 Å². The quantitative estimate of drug-likeness (QED) is 0.814. The van der Waals surface area contributed by atoms with Crippen LogP contribution in [0.5, 0.6) is 0 Å².